The van der Waals surface area contributed by atoms with E-state index in [9.17, 15) is 4.79 Å². The second-order valence-electron chi connectivity index (χ2n) is 3.48. The fourth-order valence-corrected chi connectivity index (χ4v) is 2.15. The number of carboxylic acid groups (broad SMARTS) is 1. The largest absolute Gasteiger partial charge is 0.478 e. The van der Waals surface area contributed by atoms with Crippen LogP contribution in [0.15, 0.2) is 46.9 Å². The third-order valence-electron chi connectivity index (χ3n) is 2.21. The van der Waals surface area contributed by atoms with Crippen LogP contribution in [0.2, 0.25) is 5.02 Å². The van der Waals surface area contributed by atoms with Crippen molar-refractivity contribution in [1.82, 2.24) is 0 Å². The van der Waals surface area contributed by atoms with Crippen LogP contribution in [-0.2, 0) is 0 Å². The van der Waals surface area contributed by atoms with Crippen LogP contribution in [0.25, 0.3) is 0 Å². The lowest BCUT2D eigenvalue weighted by Crippen LogP contribution is -2.01. The summed E-state index contributed by atoms with van der Waals surface area (Å²) >= 11 is 9.03. The van der Waals surface area contributed by atoms with Crippen molar-refractivity contribution < 1.29 is 14.6 Å². The van der Waals surface area contributed by atoms with Crippen molar-refractivity contribution >= 4 is 33.5 Å². The zero-order chi connectivity index (χ0) is 13.1. The number of ether oxygens (including phenoxy) is 1. The van der Waals surface area contributed by atoms with E-state index in [-0.39, 0.29) is 11.3 Å². The van der Waals surface area contributed by atoms with Crippen LogP contribution in [0, 0.1) is 0 Å². The van der Waals surface area contributed by atoms with Crippen molar-refractivity contribution in [3.05, 3.63) is 57.5 Å². The van der Waals surface area contributed by atoms with Crippen LogP contribution in [0.3, 0.4) is 0 Å². The first kappa shape index (κ1) is 12.9. The monoisotopic (exact) mass is 326 g/mol. The van der Waals surface area contributed by atoms with Gasteiger partial charge in [-0.3, -0.25) is 0 Å². The maximum atomic E-state index is 11.2. The minimum Gasteiger partial charge on any atom is -0.478 e. The number of benzene rings is 2. The summed E-state index contributed by atoms with van der Waals surface area (Å²) in [6.45, 7) is 0. The van der Waals surface area contributed by atoms with Crippen molar-refractivity contribution in [2.45, 2.75) is 0 Å². The van der Waals surface area contributed by atoms with E-state index in [2.05, 4.69) is 15.9 Å². The van der Waals surface area contributed by atoms with Gasteiger partial charge in [-0.05, 0) is 46.3 Å². The highest BCUT2D eigenvalue weighted by Gasteiger charge is 2.15. The quantitative estimate of drug-likeness (QED) is 0.896. The van der Waals surface area contributed by atoms with E-state index >= 15 is 0 Å². The van der Waals surface area contributed by atoms with Gasteiger partial charge < -0.3 is 9.84 Å². The van der Waals surface area contributed by atoms with E-state index in [0.29, 0.717) is 15.2 Å². The van der Waals surface area contributed by atoms with Crippen LogP contribution >= 0.6 is 27.5 Å². The Labute approximate surface area is 117 Å². The number of hydrogen-bond donors (Lipinski definition) is 1. The molecule has 5 heteroatoms. The highest BCUT2D eigenvalue weighted by molar-refractivity contribution is 9.10. The smallest absolute Gasteiger partial charge is 0.340 e. The Morgan fingerprint density at radius 3 is 2.61 bits per heavy atom. The Bertz CT molecular complexity index is 599. The second kappa shape index (κ2) is 5.42. The van der Waals surface area contributed by atoms with E-state index in [4.69, 9.17) is 21.4 Å². The number of halogens is 2. The minimum absolute atomic E-state index is 0.0810. The summed E-state index contributed by atoms with van der Waals surface area (Å²) in [6.07, 6.45) is 0. The van der Waals surface area contributed by atoms with E-state index in [1.54, 1.807) is 42.5 Å². The molecule has 2 rings (SSSR count). The predicted octanol–water partition coefficient (Wildman–Crippen LogP) is 4.59. The Kier molecular flexibility index (Phi) is 3.89. The standard InChI is InChI=1S/C13H8BrClO3/c14-10-5-2-6-11(12(10)13(16)17)18-9-4-1-3-8(15)7-9/h1-7H,(H,16,17). The maximum absolute atomic E-state index is 11.2. The molecule has 0 atom stereocenters. The van der Waals surface area contributed by atoms with E-state index in [0.717, 1.165) is 0 Å². The summed E-state index contributed by atoms with van der Waals surface area (Å²) in [4.78, 5) is 11.2. The van der Waals surface area contributed by atoms with E-state index in [1.165, 1.54) is 0 Å². The van der Waals surface area contributed by atoms with E-state index in [1.807, 2.05) is 0 Å². The molecule has 2 aromatic carbocycles. The molecular weight excluding hydrogens is 319 g/mol. The van der Waals surface area contributed by atoms with Gasteiger partial charge in [0.2, 0.25) is 0 Å². The molecule has 0 heterocycles. The molecule has 0 saturated carbocycles. The van der Waals surface area contributed by atoms with Gasteiger partial charge in [0.15, 0.2) is 0 Å². The molecule has 0 spiro atoms. The second-order valence-corrected chi connectivity index (χ2v) is 4.77. The van der Waals surface area contributed by atoms with Gasteiger partial charge in [-0.2, -0.15) is 0 Å². The third kappa shape index (κ3) is 2.83. The van der Waals surface area contributed by atoms with Gasteiger partial charge in [-0.25, -0.2) is 4.79 Å². The summed E-state index contributed by atoms with van der Waals surface area (Å²) in [5.41, 5.74) is 0.0810. The summed E-state index contributed by atoms with van der Waals surface area (Å²) < 4.78 is 6.00. The Hall–Kier alpha value is -1.52. The zero-order valence-corrected chi connectivity index (χ0v) is 11.4. The van der Waals surface area contributed by atoms with Crippen molar-refractivity contribution in [1.29, 1.82) is 0 Å². The molecule has 0 aliphatic rings. The molecule has 0 saturated heterocycles. The normalized spacial score (nSPS) is 10.1. The summed E-state index contributed by atoms with van der Waals surface area (Å²) in [5.74, 6) is -0.304. The van der Waals surface area contributed by atoms with E-state index < -0.39 is 5.97 Å². The number of aromatic carboxylic acids is 1. The van der Waals surface area contributed by atoms with Crippen LogP contribution in [0.1, 0.15) is 10.4 Å². The first-order chi connectivity index (χ1) is 8.58. The lowest BCUT2D eigenvalue weighted by molar-refractivity contribution is 0.0693. The van der Waals surface area contributed by atoms with Crippen LogP contribution in [0.5, 0.6) is 11.5 Å². The molecule has 0 fully saturated rings. The van der Waals surface area contributed by atoms with Crippen LogP contribution in [0.4, 0.5) is 0 Å². The van der Waals surface area contributed by atoms with Gasteiger partial charge in [0.05, 0.1) is 0 Å². The molecule has 92 valence electrons. The molecular formula is C13H8BrClO3. The highest BCUT2D eigenvalue weighted by Crippen LogP contribution is 2.31. The molecule has 1 N–H and O–H groups in total. The fourth-order valence-electron chi connectivity index (χ4n) is 1.45. The molecule has 18 heavy (non-hydrogen) atoms. The molecule has 0 amide bonds. The van der Waals surface area contributed by atoms with Gasteiger partial charge in [-0.15, -0.1) is 0 Å². The van der Waals surface area contributed by atoms with Crippen LogP contribution < -0.4 is 4.74 Å². The molecule has 0 aromatic heterocycles. The fraction of sp³-hybridized carbons (Fsp3) is 0. The maximum Gasteiger partial charge on any atom is 0.340 e. The van der Waals surface area contributed by atoms with Gasteiger partial charge in [0, 0.05) is 9.50 Å². The van der Waals surface area contributed by atoms with Gasteiger partial charge in [0.1, 0.15) is 17.1 Å². The Morgan fingerprint density at radius 2 is 1.94 bits per heavy atom. The average molecular weight is 328 g/mol. The van der Waals surface area contributed by atoms with Crippen molar-refractivity contribution in [2.75, 3.05) is 0 Å². The molecule has 0 radical (unpaired) electrons. The number of carboxylic acids is 1. The summed E-state index contributed by atoms with van der Waals surface area (Å²) in [6, 6.07) is 11.7. The van der Waals surface area contributed by atoms with Crippen molar-refractivity contribution in [2.24, 2.45) is 0 Å². The molecule has 2 aromatic rings. The lowest BCUT2D eigenvalue weighted by Gasteiger charge is -2.10. The van der Waals surface area contributed by atoms with Gasteiger partial charge >= 0.3 is 5.97 Å². The molecule has 3 nitrogen and oxygen atoms in total. The first-order valence-electron chi connectivity index (χ1n) is 5.03. The van der Waals surface area contributed by atoms with Crippen LogP contribution in [-0.4, -0.2) is 11.1 Å². The first-order valence-corrected chi connectivity index (χ1v) is 6.20. The summed E-state index contributed by atoms with van der Waals surface area (Å²) in [7, 11) is 0. The average Bonchev–Trinajstić information content (AvgIpc) is 2.28. The highest BCUT2D eigenvalue weighted by atomic mass is 79.9. The zero-order valence-electron chi connectivity index (χ0n) is 9.06. The number of carbonyl (C=O) groups is 1. The van der Waals surface area contributed by atoms with Gasteiger partial charge in [0.25, 0.3) is 0 Å². The molecule has 0 unspecified atom stereocenters. The SMILES string of the molecule is O=C(O)c1c(Br)cccc1Oc1cccc(Cl)c1. The minimum atomic E-state index is -1.06. The van der Waals surface area contributed by atoms with Gasteiger partial charge in [-0.1, -0.05) is 23.7 Å². The third-order valence-corrected chi connectivity index (χ3v) is 3.11. The van der Waals surface area contributed by atoms with Crippen molar-refractivity contribution in [3.63, 3.8) is 0 Å². The number of rotatable bonds is 3. The topological polar surface area (TPSA) is 46.5 Å². The number of hydrogen-bond acceptors (Lipinski definition) is 2. The lowest BCUT2D eigenvalue weighted by atomic mass is 10.2. The molecule has 0 aliphatic carbocycles. The van der Waals surface area contributed by atoms with Crippen molar-refractivity contribution in [3.8, 4) is 11.5 Å². The molecule has 0 bridgehead atoms. The Morgan fingerprint density at radius 1 is 1.22 bits per heavy atom. The summed E-state index contributed by atoms with van der Waals surface area (Å²) in [5, 5.41) is 9.67. The Balaban J connectivity index is 2.40. The predicted molar refractivity (Wildman–Crippen MR) is 72.6 cm³/mol. The molecule has 0 aliphatic heterocycles.